The molecule has 0 saturated carbocycles. The summed E-state index contributed by atoms with van der Waals surface area (Å²) in [5.41, 5.74) is 5.73. The van der Waals surface area contributed by atoms with Gasteiger partial charge in [-0.05, 0) is 25.8 Å². The zero-order valence-electron chi connectivity index (χ0n) is 11.8. The van der Waals surface area contributed by atoms with Crippen molar-refractivity contribution in [2.75, 3.05) is 0 Å². The van der Waals surface area contributed by atoms with Gasteiger partial charge in [0.15, 0.2) is 0 Å². The second-order valence-electron chi connectivity index (χ2n) is 3.80. The van der Waals surface area contributed by atoms with Crippen molar-refractivity contribution < 1.29 is 4.79 Å². The van der Waals surface area contributed by atoms with Crippen LogP contribution in [0.1, 0.15) is 26.7 Å². The average Bonchev–Trinajstić information content (AvgIpc) is 2.39. The lowest BCUT2D eigenvalue weighted by atomic mass is 10.2. The smallest absolute Gasteiger partial charge is 0.248 e. The quantitative estimate of drug-likeness (QED) is 0.518. The normalized spacial score (nSPS) is 13.9. The van der Waals surface area contributed by atoms with Crippen molar-refractivity contribution in [3.63, 3.8) is 0 Å². The number of hydrogen-bond donors (Lipinski definition) is 1. The summed E-state index contributed by atoms with van der Waals surface area (Å²) in [6, 6.07) is 0. The molecule has 1 amide bonds. The summed E-state index contributed by atoms with van der Waals surface area (Å²) in [7, 11) is 0. The van der Waals surface area contributed by atoms with Gasteiger partial charge in [-0.1, -0.05) is 67.7 Å². The molecule has 0 rings (SSSR count). The van der Waals surface area contributed by atoms with E-state index in [2.05, 4.69) is 13.0 Å². The topological polar surface area (TPSA) is 43.1 Å². The number of nitrogens with two attached hydrogens (primary N) is 1. The SMILES string of the molecule is CC=CC(=CC=CCC=CC=CC=CCC)C(N)=O. The van der Waals surface area contributed by atoms with Crippen LogP contribution in [0.5, 0.6) is 0 Å². The standard InChI is InChI=1S/C17H23NO/c1-3-5-6-7-8-9-10-11-12-13-15-16(14-4-2)17(18)19/h4-10,12-15H,3,11H2,1-2H3,(H2,18,19). The molecule has 0 fully saturated rings. The first-order chi connectivity index (χ1) is 9.22. The Kier molecular flexibility index (Phi) is 11.0. The molecule has 0 heterocycles. The first kappa shape index (κ1) is 16.9. The zero-order chi connectivity index (χ0) is 14.3. The molecule has 19 heavy (non-hydrogen) atoms. The van der Waals surface area contributed by atoms with E-state index in [-0.39, 0.29) is 0 Å². The molecule has 0 bridgehead atoms. The maximum Gasteiger partial charge on any atom is 0.248 e. The third-order valence-electron chi connectivity index (χ3n) is 2.16. The van der Waals surface area contributed by atoms with E-state index in [1.807, 2.05) is 49.5 Å². The van der Waals surface area contributed by atoms with Gasteiger partial charge in [0.05, 0.1) is 0 Å². The molecule has 0 atom stereocenters. The van der Waals surface area contributed by atoms with Crippen LogP contribution < -0.4 is 5.73 Å². The Hall–Kier alpha value is -2.09. The van der Waals surface area contributed by atoms with Crippen molar-refractivity contribution >= 4 is 5.91 Å². The summed E-state index contributed by atoms with van der Waals surface area (Å²) < 4.78 is 0. The van der Waals surface area contributed by atoms with Gasteiger partial charge in [0.25, 0.3) is 0 Å². The first-order valence-electron chi connectivity index (χ1n) is 6.50. The third-order valence-corrected chi connectivity index (χ3v) is 2.16. The van der Waals surface area contributed by atoms with E-state index in [9.17, 15) is 4.79 Å². The lowest BCUT2D eigenvalue weighted by Crippen LogP contribution is -2.12. The maximum atomic E-state index is 11.0. The summed E-state index contributed by atoms with van der Waals surface area (Å²) in [4.78, 5) is 11.0. The summed E-state index contributed by atoms with van der Waals surface area (Å²) >= 11 is 0. The monoisotopic (exact) mass is 257 g/mol. The number of carbonyl (C=O) groups excluding carboxylic acids is 1. The molecule has 0 unspecified atom stereocenters. The van der Waals surface area contributed by atoms with Crippen LogP contribution in [0.2, 0.25) is 0 Å². The predicted octanol–water partition coefficient (Wildman–Crippen LogP) is 4.00. The van der Waals surface area contributed by atoms with Gasteiger partial charge < -0.3 is 5.73 Å². The van der Waals surface area contributed by atoms with Crippen LogP contribution in [0.15, 0.2) is 72.4 Å². The Labute approximate surface area is 116 Å². The van der Waals surface area contributed by atoms with E-state index < -0.39 is 5.91 Å². The zero-order valence-corrected chi connectivity index (χ0v) is 11.8. The molecule has 2 N–H and O–H groups in total. The molecular formula is C17H23NO. The molecule has 2 nitrogen and oxygen atoms in total. The fraction of sp³-hybridized carbons (Fsp3) is 0.235. The van der Waals surface area contributed by atoms with Crippen LogP contribution >= 0.6 is 0 Å². The predicted molar refractivity (Wildman–Crippen MR) is 83.6 cm³/mol. The maximum absolute atomic E-state index is 11.0. The number of hydrogen-bond acceptors (Lipinski definition) is 1. The number of amides is 1. The van der Waals surface area contributed by atoms with E-state index in [4.69, 9.17) is 5.73 Å². The van der Waals surface area contributed by atoms with Crippen molar-refractivity contribution in [1.29, 1.82) is 0 Å². The molecule has 0 spiro atoms. The Morgan fingerprint density at radius 2 is 1.63 bits per heavy atom. The minimum absolute atomic E-state index is 0.413. The van der Waals surface area contributed by atoms with Gasteiger partial charge in [-0.2, -0.15) is 0 Å². The van der Waals surface area contributed by atoms with E-state index >= 15 is 0 Å². The van der Waals surface area contributed by atoms with Crippen LogP contribution in [0.4, 0.5) is 0 Å². The number of allylic oxidation sites excluding steroid dienone is 10. The van der Waals surface area contributed by atoms with Crippen LogP contribution in [-0.4, -0.2) is 5.91 Å². The highest BCUT2D eigenvalue weighted by molar-refractivity contribution is 5.95. The second kappa shape index (κ2) is 12.4. The number of rotatable bonds is 8. The van der Waals surface area contributed by atoms with Crippen LogP contribution in [-0.2, 0) is 4.79 Å². The highest BCUT2D eigenvalue weighted by atomic mass is 16.1. The van der Waals surface area contributed by atoms with Gasteiger partial charge in [0.2, 0.25) is 5.91 Å². The minimum Gasteiger partial charge on any atom is -0.366 e. The first-order valence-corrected chi connectivity index (χ1v) is 6.50. The molecule has 102 valence electrons. The van der Waals surface area contributed by atoms with Gasteiger partial charge >= 0.3 is 0 Å². The lowest BCUT2D eigenvalue weighted by Gasteiger charge is -1.91. The fourth-order valence-corrected chi connectivity index (χ4v) is 1.23. The van der Waals surface area contributed by atoms with Gasteiger partial charge in [0, 0.05) is 5.57 Å². The highest BCUT2D eigenvalue weighted by Crippen LogP contribution is 1.97. The van der Waals surface area contributed by atoms with Gasteiger partial charge in [0.1, 0.15) is 0 Å². The van der Waals surface area contributed by atoms with E-state index in [0.29, 0.717) is 5.57 Å². The van der Waals surface area contributed by atoms with Gasteiger partial charge in [-0.3, -0.25) is 4.79 Å². The second-order valence-corrected chi connectivity index (χ2v) is 3.80. The van der Waals surface area contributed by atoms with Crippen LogP contribution in [0.25, 0.3) is 0 Å². The summed E-state index contributed by atoms with van der Waals surface area (Å²) in [5.74, 6) is -0.413. The summed E-state index contributed by atoms with van der Waals surface area (Å²) in [5, 5.41) is 0. The van der Waals surface area contributed by atoms with Crippen molar-refractivity contribution in [1.82, 2.24) is 0 Å². The summed E-state index contributed by atoms with van der Waals surface area (Å²) in [6.07, 6.45) is 23.0. The Morgan fingerprint density at radius 1 is 1.00 bits per heavy atom. The molecule has 0 radical (unpaired) electrons. The fourth-order valence-electron chi connectivity index (χ4n) is 1.23. The average molecular weight is 257 g/mol. The van der Waals surface area contributed by atoms with E-state index in [0.717, 1.165) is 12.8 Å². The highest BCUT2D eigenvalue weighted by Gasteiger charge is 1.96. The molecule has 0 aromatic heterocycles. The Morgan fingerprint density at radius 3 is 2.21 bits per heavy atom. The van der Waals surface area contributed by atoms with Gasteiger partial charge in [-0.15, -0.1) is 0 Å². The van der Waals surface area contributed by atoms with Crippen molar-refractivity contribution in [2.24, 2.45) is 5.73 Å². The largest absolute Gasteiger partial charge is 0.366 e. The van der Waals surface area contributed by atoms with Crippen molar-refractivity contribution in [2.45, 2.75) is 26.7 Å². The molecular weight excluding hydrogens is 234 g/mol. The molecule has 0 saturated heterocycles. The molecule has 0 aliphatic rings. The Bertz CT molecular complexity index is 421. The molecule has 0 aromatic rings. The van der Waals surface area contributed by atoms with Crippen molar-refractivity contribution in [3.05, 3.63) is 72.4 Å². The molecule has 0 aliphatic heterocycles. The molecule has 0 aromatic carbocycles. The van der Waals surface area contributed by atoms with Crippen molar-refractivity contribution in [3.8, 4) is 0 Å². The third kappa shape index (κ3) is 10.8. The number of carbonyl (C=O) groups is 1. The molecule has 0 aliphatic carbocycles. The Balaban J connectivity index is 4.12. The summed E-state index contributed by atoms with van der Waals surface area (Å²) in [6.45, 7) is 3.95. The van der Waals surface area contributed by atoms with Gasteiger partial charge in [-0.25, -0.2) is 0 Å². The molecule has 2 heteroatoms. The van der Waals surface area contributed by atoms with Crippen LogP contribution in [0.3, 0.4) is 0 Å². The van der Waals surface area contributed by atoms with E-state index in [1.54, 1.807) is 18.2 Å². The number of primary amides is 1. The lowest BCUT2D eigenvalue weighted by molar-refractivity contribution is -0.114. The van der Waals surface area contributed by atoms with Crippen LogP contribution in [0, 0.1) is 0 Å². The van der Waals surface area contributed by atoms with E-state index in [1.165, 1.54) is 0 Å². The minimum atomic E-state index is -0.413.